The monoisotopic (exact) mass is 256 g/mol. The smallest absolute Gasteiger partial charge is 0.244 e. The Balaban J connectivity index is 1.76. The minimum atomic E-state index is -0.205. The number of carbonyl (C=O) groups excluding carboxylic acids is 1. The van der Waals surface area contributed by atoms with Gasteiger partial charge in [0, 0.05) is 6.04 Å². The second-order valence-electron chi connectivity index (χ2n) is 6.43. The molecule has 1 heterocycles. The Labute approximate surface area is 114 Å². The number of benzene rings is 1. The molecule has 1 aliphatic heterocycles. The third-order valence-electron chi connectivity index (χ3n) is 4.75. The van der Waals surface area contributed by atoms with Gasteiger partial charge in [0.05, 0.1) is 0 Å². The fraction of sp³-hybridized carbons (Fsp3) is 0.562. The Morgan fingerprint density at radius 1 is 1.26 bits per heavy atom. The molecule has 0 bridgehead atoms. The van der Waals surface area contributed by atoms with Crippen LogP contribution in [-0.4, -0.2) is 22.4 Å². The van der Waals surface area contributed by atoms with Gasteiger partial charge in [-0.25, -0.2) is 0 Å². The van der Waals surface area contributed by atoms with Crippen LogP contribution in [0.5, 0.6) is 0 Å². The first-order valence-corrected chi connectivity index (χ1v) is 7.28. The van der Waals surface area contributed by atoms with Crippen LogP contribution in [0.25, 0.3) is 0 Å². The number of hydrogen-bond donors (Lipinski definition) is 1. The van der Waals surface area contributed by atoms with Gasteiger partial charge in [-0.2, -0.15) is 0 Å². The molecule has 0 radical (unpaired) electrons. The zero-order valence-electron chi connectivity index (χ0n) is 11.6. The maximum absolute atomic E-state index is 12.6. The molecule has 1 aromatic rings. The number of aryl methyl sites for hydroxylation is 2. The van der Waals surface area contributed by atoms with Crippen LogP contribution in [0.4, 0.5) is 0 Å². The molecule has 3 heteroatoms. The number of amides is 1. The van der Waals surface area contributed by atoms with Crippen LogP contribution in [0, 0.1) is 13.8 Å². The average molecular weight is 256 g/mol. The molecule has 3 nitrogen and oxygen atoms in total. The van der Waals surface area contributed by atoms with Gasteiger partial charge >= 0.3 is 0 Å². The quantitative estimate of drug-likeness (QED) is 0.881. The van der Waals surface area contributed by atoms with Crippen molar-refractivity contribution in [3.63, 3.8) is 0 Å². The summed E-state index contributed by atoms with van der Waals surface area (Å²) in [5.41, 5.74) is 3.62. The summed E-state index contributed by atoms with van der Waals surface area (Å²) in [6, 6.07) is 7.02. The highest BCUT2D eigenvalue weighted by molar-refractivity contribution is 5.92. The molecular weight excluding hydrogens is 236 g/mol. The predicted octanol–water partition coefficient (Wildman–Crippen LogP) is 2.43. The van der Waals surface area contributed by atoms with E-state index in [4.69, 9.17) is 0 Å². The van der Waals surface area contributed by atoms with Crippen molar-refractivity contribution in [3.05, 3.63) is 34.9 Å². The van der Waals surface area contributed by atoms with E-state index in [0.29, 0.717) is 11.9 Å². The maximum Gasteiger partial charge on any atom is 0.244 e. The van der Waals surface area contributed by atoms with Crippen molar-refractivity contribution >= 4 is 5.91 Å². The molecule has 2 aliphatic carbocycles. The normalized spacial score (nSPS) is 28.2. The minimum Gasteiger partial charge on any atom is -0.318 e. The molecule has 100 valence electrons. The molecule has 2 saturated carbocycles. The van der Waals surface area contributed by atoms with Gasteiger partial charge in [0.2, 0.25) is 5.91 Å². The lowest BCUT2D eigenvalue weighted by atomic mass is 10.0. The van der Waals surface area contributed by atoms with E-state index in [1.807, 2.05) is 0 Å². The predicted molar refractivity (Wildman–Crippen MR) is 73.6 cm³/mol. The molecular formula is C16H20N2O. The summed E-state index contributed by atoms with van der Waals surface area (Å²) in [7, 11) is 0. The molecule has 1 amide bonds. The molecule has 1 spiro atoms. The van der Waals surface area contributed by atoms with Crippen molar-refractivity contribution in [1.29, 1.82) is 0 Å². The summed E-state index contributed by atoms with van der Waals surface area (Å²) < 4.78 is 0. The largest absolute Gasteiger partial charge is 0.318 e. The van der Waals surface area contributed by atoms with E-state index in [-0.39, 0.29) is 11.7 Å². The lowest BCUT2D eigenvalue weighted by Crippen LogP contribution is -2.33. The topological polar surface area (TPSA) is 32.3 Å². The van der Waals surface area contributed by atoms with Gasteiger partial charge in [-0.1, -0.05) is 23.8 Å². The SMILES string of the molecule is Cc1ccc(C)c(C2NC3(CC3)C(=O)N2C2CC2)c1. The zero-order chi connectivity index (χ0) is 13.2. The fourth-order valence-corrected chi connectivity index (χ4v) is 3.25. The van der Waals surface area contributed by atoms with E-state index in [9.17, 15) is 4.79 Å². The van der Waals surface area contributed by atoms with Crippen molar-refractivity contribution < 1.29 is 4.79 Å². The second kappa shape index (κ2) is 3.60. The molecule has 1 N–H and O–H groups in total. The summed E-state index contributed by atoms with van der Waals surface area (Å²) in [5, 5.41) is 3.62. The van der Waals surface area contributed by atoms with Crippen molar-refractivity contribution in [3.8, 4) is 0 Å². The maximum atomic E-state index is 12.6. The third kappa shape index (κ3) is 1.64. The first-order chi connectivity index (χ1) is 9.11. The van der Waals surface area contributed by atoms with Gasteiger partial charge in [-0.3, -0.25) is 10.1 Å². The van der Waals surface area contributed by atoms with Crippen LogP contribution in [-0.2, 0) is 4.79 Å². The lowest BCUT2D eigenvalue weighted by Gasteiger charge is -2.26. The van der Waals surface area contributed by atoms with E-state index < -0.39 is 0 Å². The highest BCUT2D eigenvalue weighted by Gasteiger charge is 2.61. The zero-order valence-corrected chi connectivity index (χ0v) is 11.6. The fourth-order valence-electron chi connectivity index (χ4n) is 3.25. The lowest BCUT2D eigenvalue weighted by molar-refractivity contribution is -0.131. The molecule has 19 heavy (non-hydrogen) atoms. The van der Waals surface area contributed by atoms with Gasteiger partial charge in [0.1, 0.15) is 11.7 Å². The van der Waals surface area contributed by atoms with E-state index in [0.717, 1.165) is 12.8 Å². The molecule has 1 unspecified atom stereocenters. The van der Waals surface area contributed by atoms with Gasteiger partial charge in [-0.15, -0.1) is 0 Å². The molecule has 3 aliphatic rings. The first-order valence-electron chi connectivity index (χ1n) is 7.28. The molecule has 1 aromatic carbocycles. The van der Waals surface area contributed by atoms with Crippen molar-refractivity contribution in [2.45, 2.75) is 57.3 Å². The number of nitrogens with zero attached hydrogens (tertiary/aromatic N) is 1. The number of hydrogen-bond acceptors (Lipinski definition) is 2. The third-order valence-corrected chi connectivity index (χ3v) is 4.75. The Morgan fingerprint density at radius 3 is 2.63 bits per heavy atom. The minimum absolute atomic E-state index is 0.0994. The Hall–Kier alpha value is -1.35. The summed E-state index contributed by atoms with van der Waals surface area (Å²) in [5.74, 6) is 0.348. The second-order valence-corrected chi connectivity index (χ2v) is 6.43. The molecule has 0 aromatic heterocycles. The van der Waals surface area contributed by atoms with E-state index >= 15 is 0 Å². The molecule has 1 atom stereocenters. The van der Waals surface area contributed by atoms with Crippen LogP contribution in [0.15, 0.2) is 18.2 Å². The molecule has 4 rings (SSSR count). The highest BCUT2D eigenvalue weighted by atomic mass is 16.2. The van der Waals surface area contributed by atoms with Gasteiger partial charge in [0.25, 0.3) is 0 Å². The number of rotatable bonds is 2. The standard InChI is InChI=1S/C16H20N2O/c1-10-3-4-11(2)13(9-10)14-17-16(7-8-16)15(19)18(14)12-5-6-12/h3-4,9,12,14,17H,5-8H2,1-2H3. The van der Waals surface area contributed by atoms with Crippen molar-refractivity contribution in [1.82, 2.24) is 10.2 Å². The number of carbonyl (C=O) groups is 1. The van der Waals surface area contributed by atoms with Crippen molar-refractivity contribution in [2.75, 3.05) is 0 Å². The Bertz CT molecular complexity index is 558. The van der Waals surface area contributed by atoms with Gasteiger partial charge in [-0.05, 0) is 50.7 Å². The summed E-state index contributed by atoms with van der Waals surface area (Å²) >= 11 is 0. The van der Waals surface area contributed by atoms with E-state index in [1.54, 1.807) is 0 Å². The van der Waals surface area contributed by atoms with E-state index in [1.165, 1.54) is 29.5 Å². The van der Waals surface area contributed by atoms with Crippen molar-refractivity contribution in [2.24, 2.45) is 0 Å². The Morgan fingerprint density at radius 2 is 2.00 bits per heavy atom. The van der Waals surface area contributed by atoms with Crippen LogP contribution < -0.4 is 5.32 Å². The summed E-state index contributed by atoms with van der Waals surface area (Å²) in [6.07, 6.45) is 4.46. The summed E-state index contributed by atoms with van der Waals surface area (Å²) in [4.78, 5) is 14.7. The first kappa shape index (κ1) is 11.5. The molecule has 3 fully saturated rings. The van der Waals surface area contributed by atoms with Crippen LogP contribution in [0.3, 0.4) is 0 Å². The highest BCUT2D eigenvalue weighted by Crippen LogP contribution is 2.49. The van der Waals surface area contributed by atoms with Crippen LogP contribution >= 0.6 is 0 Å². The van der Waals surface area contributed by atoms with Gasteiger partial charge in [0.15, 0.2) is 0 Å². The van der Waals surface area contributed by atoms with Crippen LogP contribution in [0.2, 0.25) is 0 Å². The number of nitrogens with one attached hydrogen (secondary N) is 1. The Kier molecular flexibility index (Phi) is 2.17. The summed E-state index contributed by atoms with van der Waals surface area (Å²) in [6.45, 7) is 4.26. The average Bonchev–Trinajstić information content (AvgIpc) is 3.26. The van der Waals surface area contributed by atoms with E-state index in [2.05, 4.69) is 42.3 Å². The van der Waals surface area contributed by atoms with Crippen LogP contribution in [0.1, 0.15) is 48.5 Å². The van der Waals surface area contributed by atoms with Gasteiger partial charge < -0.3 is 4.90 Å². The molecule has 1 saturated heterocycles.